The van der Waals surface area contributed by atoms with Crippen molar-refractivity contribution in [2.24, 2.45) is 0 Å². The van der Waals surface area contributed by atoms with Crippen molar-refractivity contribution in [1.29, 1.82) is 0 Å². The van der Waals surface area contributed by atoms with Crippen molar-refractivity contribution >= 4 is 51.2 Å². The first-order valence-corrected chi connectivity index (χ1v) is 10.8. The van der Waals surface area contributed by atoms with Gasteiger partial charge in [-0.2, -0.15) is 0 Å². The van der Waals surface area contributed by atoms with Gasteiger partial charge in [-0.25, -0.2) is 0 Å². The number of carbonyl (C=O) groups excluding carboxylic acids is 1. The minimum absolute atomic E-state index is 0.133. The Morgan fingerprint density at radius 3 is 2.83 bits per heavy atom. The molecule has 6 heteroatoms. The molecular weight excluding hydrogens is 400 g/mol. The highest BCUT2D eigenvalue weighted by Gasteiger charge is 2.22. The normalized spacial score (nSPS) is 15.3. The number of ether oxygens (including phenoxy) is 1. The van der Waals surface area contributed by atoms with E-state index in [4.69, 9.17) is 17.0 Å². The SMILES string of the molecule is CCc1cc(C)cc(OCCn2cc(C=C3SC(=S)NC3=O)c3ccccc32)c1. The van der Waals surface area contributed by atoms with E-state index >= 15 is 0 Å². The number of carbonyl (C=O) groups is 1. The first-order valence-electron chi connectivity index (χ1n) is 9.59. The zero-order valence-electron chi connectivity index (χ0n) is 16.4. The lowest BCUT2D eigenvalue weighted by Crippen LogP contribution is -2.17. The van der Waals surface area contributed by atoms with E-state index in [0.717, 1.165) is 35.2 Å². The van der Waals surface area contributed by atoms with Gasteiger partial charge in [0.25, 0.3) is 5.91 Å². The molecule has 4 nitrogen and oxygen atoms in total. The zero-order chi connectivity index (χ0) is 20.4. The number of para-hydroxylation sites is 1. The molecule has 0 bridgehead atoms. The highest BCUT2D eigenvalue weighted by molar-refractivity contribution is 8.26. The second-order valence-corrected chi connectivity index (χ2v) is 8.72. The summed E-state index contributed by atoms with van der Waals surface area (Å²) in [4.78, 5) is 12.7. The maximum absolute atomic E-state index is 12.0. The van der Waals surface area contributed by atoms with E-state index in [1.165, 1.54) is 22.9 Å². The summed E-state index contributed by atoms with van der Waals surface area (Å²) in [5.74, 6) is 0.777. The third kappa shape index (κ3) is 4.38. The molecule has 0 radical (unpaired) electrons. The van der Waals surface area contributed by atoms with Crippen molar-refractivity contribution < 1.29 is 9.53 Å². The predicted molar refractivity (Wildman–Crippen MR) is 124 cm³/mol. The van der Waals surface area contributed by atoms with Gasteiger partial charge in [-0.05, 0) is 48.7 Å². The second-order valence-electron chi connectivity index (χ2n) is 7.00. The van der Waals surface area contributed by atoms with E-state index < -0.39 is 0 Å². The Kier molecular flexibility index (Phi) is 5.74. The standard InChI is InChI=1S/C23H22N2O2S2/c1-3-16-10-15(2)11-18(12-16)27-9-8-25-14-17(19-6-4-5-7-20(19)25)13-21-22(26)24-23(28)29-21/h4-7,10-14H,3,8-9H2,1-2H3,(H,24,26,28). The van der Waals surface area contributed by atoms with Gasteiger partial charge in [-0.15, -0.1) is 0 Å². The Morgan fingerprint density at radius 1 is 1.24 bits per heavy atom. The highest BCUT2D eigenvalue weighted by atomic mass is 32.2. The van der Waals surface area contributed by atoms with Gasteiger partial charge < -0.3 is 14.6 Å². The number of hydrogen-bond acceptors (Lipinski definition) is 4. The van der Waals surface area contributed by atoms with Crippen molar-refractivity contribution in [2.75, 3.05) is 6.61 Å². The summed E-state index contributed by atoms with van der Waals surface area (Å²) < 4.78 is 8.71. The minimum Gasteiger partial charge on any atom is -0.492 e. The Balaban J connectivity index is 1.55. The maximum Gasteiger partial charge on any atom is 0.263 e. The van der Waals surface area contributed by atoms with Crippen LogP contribution in [0.4, 0.5) is 0 Å². The second kappa shape index (κ2) is 8.43. The molecule has 1 fully saturated rings. The van der Waals surface area contributed by atoms with Crippen LogP contribution in [0.2, 0.25) is 0 Å². The van der Waals surface area contributed by atoms with Gasteiger partial charge in [0, 0.05) is 22.7 Å². The Morgan fingerprint density at radius 2 is 2.07 bits per heavy atom. The smallest absolute Gasteiger partial charge is 0.263 e. The van der Waals surface area contributed by atoms with E-state index in [0.29, 0.717) is 15.8 Å². The molecule has 1 aliphatic heterocycles. The van der Waals surface area contributed by atoms with Gasteiger partial charge in [0.15, 0.2) is 0 Å². The molecule has 1 aliphatic rings. The van der Waals surface area contributed by atoms with E-state index in [1.54, 1.807) is 0 Å². The molecule has 0 saturated carbocycles. The molecular formula is C23H22N2O2S2. The maximum atomic E-state index is 12.0. The number of thioether (sulfide) groups is 1. The molecule has 1 aromatic heterocycles. The van der Waals surface area contributed by atoms with Gasteiger partial charge >= 0.3 is 0 Å². The minimum atomic E-state index is -0.133. The summed E-state index contributed by atoms with van der Waals surface area (Å²) in [7, 11) is 0. The number of aryl methyl sites for hydroxylation is 2. The predicted octanol–water partition coefficient (Wildman–Crippen LogP) is 5.08. The Labute approximate surface area is 179 Å². The summed E-state index contributed by atoms with van der Waals surface area (Å²) in [6, 6.07) is 14.6. The topological polar surface area (TPSA) is 43.3 Å². The van der Waals surface area contributed by atoms with Crippen molar-refractivity contribution in [3.63, 3.8) is 0 Å². The van der Waals surface area contributed by atoms with E-state index in [2.05, 4.69) is 60.3 Å². The fourth-order valence-electron chi connectivity index (χ4n) is 3.51. The fraction of sp³-hybridized carbons (Fsp3) is 0.217. The summed E-state index contributed by atoms with van der Waals surface area (Å²) in [6.07, 6.45) is 4.98. The van der Waals surface area contributed by atoms with Gasteiger partial charge in [-0.1, -0.05) is 55.2 Å². The van der Waals surface area contributed by atoms with E-state index in [-0.39, 0.29) is 5.91 Å². The van der Waals surface area contributed by atoms with Crippen LogP contribution >= 0.6 is 24.0 Å². The van der Waals surface area contributed by atoms with Gasteiger partial charge in [0.1, 0.15) is 16.7 Å². The molecule has 29 heavy (non-hydrogen) atoms. The van der Waals surface area contributed by atoms with Crippen molar-refractivity contribution in [3.05, 3.63) is 70.3 Å². The molecule has 2 aromatic carbocycles. The number of rotatable bonds is 6. The molecule has 4 rings (SSSR count). The third-order valence-corrected chi connectivity index (χ3v) is 6.03. The summed E-state index contributed by atoms with van der Waals surface area (Å²) in [5.41, 5.74) is 4.62. The molecule has 3 aromatic rings. The first kappa shape index (κ1) is 19.7. The number of fused-ring (bicyclic) bond motifs is 1. The van der Waals surface area contributed by atoms with E-state index in [1.807, 2.05) is 18.2 Å². The number of hydrogen-bond donors (Lipinski definition) is 1. The lowest BCUT2D eigenvalue weighted by molar-refractivity contribution is -0.115. The summed E-state index contributed by atoms with van der Waals surface area (Å²) in [6.45, 7) is 5.53. The average Bonchev–Trinajstić information content (AvgIpc) is 3.21. The van der Waals surface area contributed by atoms with Crippen molar-refractivity contribution in [2.45, 2.75) is 26.8 Å². The highest BCUT2D eigenvalue weighted by Crippen LogP contribution is 2.30. The summed E-state index contributed by atoms with van der Waals surface area (Å²) in [5, 5.41) is 3.78. The molecule has 1 saturated heterocycles. The van der Waals surface area contributed by atoms with Crippen LogP contribution in [-0.2, 0) is 17.8 Å². The quantitative estimate of drug-likeness (QED) is 0.444. The molecule has 0 unspecified atom stereocenters. The van der Waals surface area contributed by atoms with Crippen molar-refractivity contribution in [3.8, 4) is 5.75 Å². The first-order chi connectivity index (χ1) is 14.0. The van der Waals surface area contributed by atoms with Crippen LogP contribution < -0.4 is 10.1 Å². The van der Waals surface area contributed by atoms with Crippen molar-refractivity contribution in [1.82, 2.24) is 9.88 Å². The van der Waals surface area contributed by atoms with Crippen LogP contribution in [0.5, 0.6) is 5.75 Å². The molecule has 2 heterocycles. The molecule has 1 amide bonds. The van der Waals surface area contributed by atoms with E-state index in [9.17, 15) is 4.79 Å². The molecule has 1 N–H and O–H groups in total. The number of nitrogens with zero attached hydrogens (tertiary/aromatic N) is 1. The number of amides is 1. The number of nitrogens with one attached hydrogen (secondary N) is 1. The lowest BCUT2D eigenvalue weighted by atomic mass is 10.1. The third-order valence-electron chi connectivity index (χ3n) is 4.87. The molecule has 0 atom stereocenters. The molecule has 148 valence electrons. The number of thiocarbonyl (C=S) groups is 1. The molecule has 0 aliphatic carbocycles. The largest absolute Gasteiger partial charge is 0.492 e. The van der Waals surface area contributed by atoms with Gasteiger partial charge in [0.05, 0.1) is 11.4 Å². The van der Waals surface area contributed by atoms with Crippen LogP contribution in [0.3, 0.4) is 0 Å². The Hall–Kier alpha value is -2.57. The van der Waals surface area contributed by atoms with Crippen LogP contribution in [0.15, 0.2) is 53.6 Å². The average molecular weight is 423 g/mol. The Bertz CT molecular complexity index is 1130. The fourth-order valence-corrected chi connectivity index (χ4v) is 4.55. The number of benzene rings is 2. The zero-order valence-corrected chi connectivity index (χ0v) is 18.0. The van der Waals surface area contributed by atoms with Gasteiger partial charge in [0.2, 0.25) is 0 Å². The van der Waals surface area contributed by atoms with Crippen LogP contribution in [0, 0.1) is 6.92 Å². The van der Waals surface area contributed by atoms with Crippen LogP contribution in [-0.4, -0.2) is 21.4 Å². The van der Waals surface area contributed by atoms with Gasteiger partial charge in [-0.3, -0.25) is 4.79 Å². The number of aromatic nitrogens is 1. The monoisotopic (exact) mass is 422 g/mol. The van der Waals surface area contributed by atoms with Crippen LogP contribution in [0.1, 0.15) is 23.6 Å². The summed E-state index contributed by atoms with van der Waals surface area (Å²) >= 11 is 6.39. The molecule has 0 spiro atoms. The van der Waals surface area contributed by atoms with Crippen LogP contribution in [0.25, 0.3) is 17.0 Å². The lowest BCUT2D eigenvalue weighted by Gasteiger charge is -2.10.